The van der Waals surface area contributed by atoms with Gasteiger partial charge in [-0.1, -0.05) is 113 Å². The number of carboxylic acids is 1. The standard InChI is InChI=1S/C56H75N9O11S/c1-33(2)27-43(61-50(69)42(17-11-12-26-57)59-51(70)44(31-38-20-24-40(67)25-21-38)60-49(68)41(58)28-37-18-22-39(66)23-19-37)54(73)65-48(34(3)4)55(74)63-46(30-36-15-9-6-10-16-36)52(71)62-45(29-35-13-7-5-8-14-35)53(72)64-47(32-77)56(75)76/h5-10,13-16,18-25,33-34,41-48,66-67,77H,11-12,17,26-32,57-58H2,1-4H3,(H,59,70)(H,60,68)(H,61,69)(H,62,71)(H,63,74)(H,64,72)(H,65,73)(H,75,76)/t41-,42-,43-,44-,45-,46-,47-,48-/m0/s1. The van der Waals surface area contributed by atoms with E-state index in [0.717, 1.165) is 0 Å². The van der Waals surface area contributed by atoms with Gasteiger partial charge in [0.25, 0.3) is 0 Å². The molecule has 0 aromatic heterocycles. The summed E-state index contributed by atoms with van der Waals surface area (Å²) in [5.74, 6) is -7.42. The minimum absolute atomic E-state index is 0.0164. The third kappa shape index (κ3) is 21.2. The zero-order chi connectivity index (χ0) is 56.6. The normalized spacial score (nSPS) is 14.3. The summed E-state index contributed by atoms with van der Waals surface area (Å²) >= 11 is 4.06. The molecule has 20 nitrogen and oxygen atoms in total. The third-order valence-corrected chi connectivity index (χ3v) is 12.9. The Bertz CT molecular complexity index is 2560. The molecule has 0 saturated carbocycles. The average molecular weight is 1080 g/mol. The van der Waals surface area contributed by atoms with E-state index in [0.29, 0.717) is 41.6 Å². The number of phenolic OH excluding ortho intramolecular Hbond substituents is 2. The van der Waals surface area contributed by atoms with Crippen molar-refractivity contribution < 1.29 is 53.7 Å². The third-order valence-electron chi connectivity index (χ3n) is 12.5. The molecule has 0 aliphatic heterocycles. The predicted octanol–water partition coefficient (Wildman–Crippen LogP) is 1.93. The summed E-state index contributed by atoms with van der Waals surface area (Å²) in [7, 11) is 0. The van der Waals surface area contributed by atoms with Crippen LogP contribution >= 0.6 is 12.6 Å². The second-order valence-electron chi connectivity index (χ2n) is 19.8. The number of amides is 7. The van der Waals surface area contributed by atoms with Crippen LogP contribution < -0.4 is 48.7 Å². The summed E-state index contributed by atoms with van der Waals surface area (Å²) < 4.78 is 0. The van der Waals surface area contributed by atoms with Crippen molar-refractivity contribution in [3.8, 4) is 11.5 Å². The maximum Gasteiger partial charge on any atom is 0.327 e. The molecule has 0 spiro atoms. The van der Waals surface area contributed by atoms with E-state index in [1.807, 2.05) is 13.8 Å². The number of benzene rings is 4. The van der Waals surface area contributed by atoms with Crippen LogP contribution in [0.3, 0.4) is 0 Å². The Kier molecular flexibility index (Phi) is 25.4. The van der Waals surface area contributed by atoms with E-state index < -0.39 is 102 Å². The average Bonchev–Trinajstić information content (AvgIpc) is 3.39. The number of thiol groups is 1. The predicted molar refractivity (Wildman–Crippen MR) is 294 cm³/mol. The van der Waals surface area contributed by atoms with Crippen molar-refractivity contribution in [3.05, 3.63) is 131 Å². The molecule has 0 radical (unpaired) electrons. The maximum atomic E-state index is 14.4. The summed E-state index contributed by atoms with van der Waals surface area (Å²) in [5, 5.41) is 48.3. The Labute approximate surface area is 455 Å². The lowest BCUT2D eigenvalue weighted by atomic mass is 9.98. The number of unbranched alkanes of at least 4 members (excludes halogenated alkanes) is 1. The molecule has 0 aliphatic rings. The Morgan fingerprint density at radius 2 is 0.844 bits per heavy atom. The molecule has 416 valence electrons. The number of carbonyl (C=O) groups excluding carboxylic acids is 7. The lowest BCUT2D eigenvalue weighted by Crippen LogP contribution is -2.61. The Morgan fingerprint density at radius 3 is 1.27 bits per heavy atom. The van der Waals surface area contributed by atoms with Gasteiger partial charge in [-0.15, -0.1) is 0 Å². The molecule has 77 heavy (non-hydrogen) atoms. The summed E-state index contributed by atoms with van der Waals surface area (Å²) in [5.41, 5.74) is 14.6. The summed E-state index contributed by atoms with van der Waals surface area (Å²) in [6.45, 7) is 7.33. The number of rotatable bonds is 31. The lowest BCUT2D eigenvalue weighted by molar-refractivity contribution is -0.141. The highest BCUT2D eigenvalue weighted by molar-refractivity contribution is 7.80. The van der Waals surface area contributed by atoms with Crippen LogP contribution in [0, 0.1) is 11.8 Å². The molecular formula is C56H75N9O11S. The molecule has 0 heterocycles. The molecule has 4 aromatic carbocycles. The number of carbonyl (C=O) groups is 8. The fourth-order valence-corrected chi connectivity index (χ4v) is 8.49. The highest BCUT2D eigenvalue weighted by Gasteiger charge is 2.36. The van der Waals surface area contributed by atoms with Crippen LogP contribution in [0.4, 0.5) is 0 Å². The lowest BCUT2D eigenvalue weighted by Gasteiger charge is -2.29. The molecule has 7 amide bonds. The van der Waals surface area contributed by atoms with Crippen molar-refractivity contribution in [1.82, 2.24) is 37.2 Å². The van der Waals surface area contributed by atoms with E-state index in [4.69, 9.17) is 11.5 Å². The Hall–Kier alpha value is -7.49. The zero-order valence-corrected chi connectivity index (χ0v) is 44.8. The van der Waals surface area contributed by atoms with Crippen LogP contribution in [-0.4, -0.2) is 123 Å². The first-order valence-corrected chi connectivity index (χ1v) is 26.4. The number of carboxylic acid groups (broad SMARTS) is 1. The number of aromatic hydroxyl groups is 2. The molecule has 4 rings (SSSR count). The van der Waals surface area contributed by atoms with Crippen molar-refractivity contribution >= 4 is 59.9 Å². The molecule has 0 unspecified atom stereocenters. The summed E-state index contributed by atoms with van der Waals surface area (Å²) in [4.78, 5) is 111. The number of hydrogen-bond acceptors (Lipinski definition) is 13. The summed E-state index contributed by atoms with van der Waals surface area (Å²) in [6.07, 6.45) is 1.04. The van der Waals surface area contributed by atoms with E-state index in [9.17, 15) is 53.7 Å². The van der Waals surface area contributed by atoms with E-state index in [-0.39, 0.29) is 61.7 Å². The van der Waals surface area contributed by atoms with Crippen molar-refractivity contribution in [2.24, 2.45) is 23.3 Å². The number of hydrogen-bond donors (Lipinski definition) is 13. The maximum absolute atomic E-state index is 14.4. The number of phenols is 2. The fourth-order valence-electron chi connectivity index (χ4n) is 8.24. The topological polar surface area (TPSA) is 333 Å². The highest BCUT2D eigenvalue weighted by Crippen LogP contribution is 2.16. The molecule has 0 saturated heterocycles. The number of aliphatic carboxylic acids is 1. The molecule has 8 atom stereocenters. The first-order chi connectivity index (χ1) is 36.7. The zero-order valence-electron chi connectivity index (χ0n) is 43.9. The first-order valence-electron chi connectivity index (χ1n) is 25.7. The van der Waals surface area contributed by atoms with Crippen LogP contribution in [-0.2, 0) is 64.0 Å². The van der Waals surface area contributed by atoms with E-state index in [2.05, 4.69) is 49.8 Å². The molecule has 0 fully saturated rings. The van der Waals surface area contributed by atoms with Gasteiger partial charge in [0.05, 0.1) is 6.04 Å². The quantitative estimate of drug-likeness (QED) is 0.0254. The van der Waals surface area contributed by atoms with Gasteiger partial charge in [0.15, 0.2) is 0 Å². The smallest absolute Gasteiger partial charge is 0.327 e. The second kappa shape index (κ2) is 31.5. The highest BCUT2D eigenvalue weighted by atomic mass is 32.1. The van der Waals surface area contributed by atoms with Crippen LogP contribution in [0.25, 0.3) is 0 Å². The van der Waals surface area contributed by atoms with Crippen molar-refractivity contribution in [3.63, 3.8) is 0 Å². The fraction of sp³-hybridized carbons (Fsp3) is 0.429. The second-order valence-corrected chi connectivity index (χ2v) is 20.1. The largest absolute Gasteiger partial charge is 0.508 e. The van der Waals surface area contributed by atoms with Crippen LogP contribution in [0.15, 0.2) is 109 Å². The Morgan fingerprint density at radius 1 is 0.468 bits per heavy atom. The van der Waals surface area contributed by atoms with Gasteiger partial charge in [-0.25, -0.2) is 4.79 Å². The monoisotopic (exact) mass is 1080 g/mol. The van der Waals surface area contributed by atoms with Crippen molar-refractivity contribution in [1.29, 1.82) is 0 Å². The van der Waals surface area contributed by atoms with Gasteiger partial charge in [-0.05, 0) is 97.0 Å². The summed E-state index contributed by atoms with van der Waals surface area (Å²) in [6, 6.07) is 19.7. The van der Waals surface area contributed by atoms with E-state index >= 15 is 0 Å². The van der Waals surface area contributed by atoms with Gasteiger partial charge in [0.2, 0.25) is 41.4 Å². The van der Waals surface area contributed by atoms with Gasteiger partial charge in [0, 0.05) is 25.0 Å². The molecule has 0 aliphatic carbocycles. The Balaban J connectivity index is 1.57. The van der Waals surface area contributed by atoms with E-state index in [1.165, 1.54) is 24.3 Å². The molecule has 14 N–H and O–H groups in total. The van der Waals surface area contributed by atoms with Crippen LogP contribution in [0.2, 0.25) is 0 Å². The van der Waals surface area contributed by atoms with Crippen molar-refractivity contribution in [2.45, 2.75) is 127 Å². The number of nitrogens with one attached hydrogen (secondary N) is 7. The van der Waals surface area contributed by atoms with E-state index in [1.54, 1.807) is 98.8 Å². The van der Waals surface area contributed by atoms with Crippen LogP contribution in [0.5, 0.6) is 11.5 Å². The van der Waals surface area contributed by atoms with Gasteiger partial charge in [-0.2, -0.15) is 12.6 Å². The number of nitrogens with two attached hydrogens (primary N) is 2. The molecular weight excluding hydrogens is 1010 g/mol. The van der Waals surface area contributed by atoms with Gasteiger partial charge in [0.1, 0.15) is 53.8 Å². The SMILES string of the molecule is CC(C)C[C@H](NC(=O)[C@H](CCCCN)NC(=O)[C@H](Cc1ccc(O)cc1)NC(=O)[C@@H](N)Cc1ccc(O)cc1)C(=O)N[C@H](C(=O)N[C@@H](Cc1ccccc1)C(=O)N[C@@H](Cc1ccccc1)C(=O)N[C@@H](CS)C(=O)O)C(C)C. The van der Waals surface area contributed by atoms with Gasteiger partial charge in [-0.3, -0.25) is 33.6 Å². The minimum atomic E-state index is -1.36. The minimum Gasteiger partial charge on any atom is -0.508 e. The van der Waals surface area contributed by atoms with Gasteiger partial charge < -0.3 is 64.0 Å². The van der Waals surface area contributed by atoms with Crippen molar-refractivity contribution in [2.75, 3.05) is 12.3 Å². The van der Waals surface area contributed by atoms with Gasteiger partial charge >= 0.3 is 5.97 Å². The molecule has 0 bridgehead atoms. The first kappa shape index (κ1) is 62.1. The molecule has 4 aromatic rings. The van der Waals surface area contributed by atoms with Crippen LogP contribution in [0.1, 0.15) is 75.6 Å². The molecule has 21 heteroatoms.